The highest BCUT2D eigenvalue weighted by Crippen LogP contribution is 2.32. The summed E-state index contributed by atoms with van der Waals surface area (Å²) in [6.45, 7) is 3.62. The second kappa shape index (κ2) is 8.74. The summed E-state index contributed by atoms with van der Waals surface area (Å²) in [6, 6.07) is 11.3. The van der Waals surface area contributed by atoms with Gasteiger partial charge >= 0.3 is 0 Å². The molecule has 3 rings (SSSR count). The minimum atomic E-state index is -3.79. The number of nitrogens with zero attached hydrogens (tertiary/aromatic N) is 1. The van der Waals surface area contributed by atoms with E-state index in [0.29, 0.717) is 29.4 Å². The Morgan fingerprint density at radius 3 is 2.57 bits per heavy atom. The number of carbonyl (C=O) groups excluding carboxylic acids is 2. The van der Waals surface area contributed by atoms with E-state index in [0.717, 1.165) is 0 Å². The minimum Gasteiger partial charge on any atom is -0.497 e. The standard InChI is InChI=1S/C21H24N2O6S/c1-4-23(15-5-7-16(28-3)8-6-15)21(25)11-14(2)30(26,27)17-9-10-19-18(12-17)22-20(24)13-29-19/h5-10,12,14H,4,11,13H2,1-3H3,(H,22,24)/t14-/m1/s1. The summed E-state index contributed by atoms with van der Waals surface area (Å²) in [6.07, 6.45) is -0.178. The Hall–Kier alpha value is -3.07. The Labute approximate surface area is 175 Å². The highest BCUT2D eigenvalue weighted by molar-refractivity contribution is 7.92. The van der Waals surface area contributed by atoms with E-state index < -0.39 is 15.1 Å². The predicted octanol–water partition coefficient (Wildman–Crippen LogP) is 2.63. The summed E-state index contributed by atoms with van der Waals surface area (Å²) < 4.78 is 36.4. The summed E-state index contributed by atoms with van der Waals surface area (Å²) in [5.41, 5.74) is 0.973. The number of carbonyl (C=O) groups is 2. The number of sulfone groups is 1. The van der Waals surface area contributed by atoms with Crippen molar-refractivity contribution in [2.45, 2.75) is 30.4 Å². The van der Waals surface area contributed by atoms with E-state index in [9.17, 15) is 18.0 Å². The van der Waals surface area contributed by atoms with Crippen molar-refractivity contribution >= 4 is 33.0 Å². The molecule has 30 heavy (non-hydrogen) atoms. The molecule has 2 aromatic rings. The van der Waals surface area contributed by atoms with Gasteiger partial charge in [0.05, 0.1) is 22.9 Å². The van der Waals surface area contributed by atoms with Gasteiger partial charge in [0.25, 0.3) is 5.91 Å². The third kappa shape index (κ3) is 4.40. The third-order valence-corrected chi connectivity index (χ3v) is 7.04. The molecule has 0 unspecified atom stereocenters. The summed E-state index contributed by atoms with van der Waals surface area (Å²) >= 11 is 0. The summed E-state index contributed by atoms with van der Waals surface area (Å²) in [5.74, 6) is 0.433. The second-order valence-electron chi connectivity index (χ2n) is 6.89. The van der Waals surface area contributed by atoms with Gasteiger partial charge in [-0.3, -0.25) is 9.59 Å². The van der Waals surface area contributed by atoms with Crippen LogP contribution in [0.2, 0.25) is 0 Å². The number of nitrogens with one attached hydrogen (secondary N) is 1. The van der Waals surface area contributed by atoms with Crippen molar-refractivity contribution in [2.24, 2.45) is 0 Å². The van der Waals surface area contributed by atoms with Crippen LogP contribution in [0.15, 0.2) is 47.4 Å². The molecule has 0 aliphatic carbocycles. The zero-order chi connectivity index (χ0) is 21.9. The van der Waals surface area contributed by atoms with Gasteiger partial charge in [0.15, 0.2) is 16.4 Å². The maximum atomic E-state index is 13.0. The number of benzene rings is 2. The van der Waals surface area contributed by atoms with E-state index in [4.69, 9.17) is 9.47 Å². The van der Waals surface area contributed by atoms with Crippen LogP contribution in [0.3, 0.4) is 0 Å². The zero-order valence-electron chi connectivity index (χ0n) is 17.0. The van der Waals surface area contributed by atoms with Crippen LogP contribution in [0.5, 0.6) is 11.5 Å². The number of hydrogen-bond donors (Lipinski definition) is 1. The molecular formula is C21H24N2O6S. The number of methoxy groups -OCH3 is 1. The van der Waals surface area contributed by atoms with Gasteiger partial charge in [0.1, 0.15) is 11.5 Å². The maximum absolute atomic E-state index is 13.0. The van der Waals surface area contributed by atoms with Gasteiger partial charge in [-0.1, -0.05) is 0 Å². The normalized spacial score (nSPS) is 14.2. The van der Waals surface area contributed by atoms with Gasteiger partial charge in [-0.2, -0.15) is 0 Å². The Morgan fingerprint density at radius 2 is 1.93 bits per heavy atom. The molecule has 0 bridgehead atoms. The maximum Gasteiger partial charge on any atom is 0.262 e. The Kier molecular flexibility index (Phi) is 6.31. The van der Waals surface area contributed by atoms with Crippen LogP contribution in [-0.4, -0.2) is 45.7 Å². The van der Waals surface area contributed by atoms with E-state index >= 15 is 0 Å². The molecule has 1 aliphatic heterocycles. The first kappa shape index (κ1) is 21.6. The summed E-state index contributed by atoms with van der Waals surface area (Å²) in [7, 11) is -2.24. The molecule has 2 amide bonds. The fraction of sp³-hybridized carbons (Fsp3) is 0.333. The third-order valence-electron chi connectivity index (χ3n) is 4.91. The average Bonchev–Trinajstić information content (AvgIpc) is 2.74. The first-order valence-electron chi connectivity index (χ1n) is 9.51. The summed E-state index contributed by atoms with van der Waals surface area (Å²) in [4.78, 5) is 25.9. The van der Waals surface area contributed by atoms with Crippen molar-refractivity contribution in [1.29, 1.82) is 0 Å². The van der Waals surface area contributed by atoms with E-state index in [-0.39, 0.29) is 29.7 Å². The Bertz CT molecular complexity index is 1050. The van der Waals surface area contributed by atoms with Crippen LogP contribution < -0.4 is 19.7 Å². The van der Waals surface area contributed by atoms with Gasteiger partial charge in [0.2, 0.25) is 5.91 Å². The molecule has 0 fully saturated rings. The van der Waals surface area contributed by atoms with Crippen molar-refractivity contribution in [3.63, 3.8) is 0 Å². The molecule has 8 nitrogen and oxygen atoms in total. The van der Waals surface area contributed by atoms with Gasteiger partial charge < -0.3 is 19.7 Å². The molecule has 1 N–H and O–H groups in total. The smallest absolute Gasteiger partial charge is 0.262 e. The van der Waals surface area contributed by atoms with Gasteiger partial charge in [-0.15, -0.1) is 0 Å². The van der Waals surface area contributed by atoms with Crippen molar-refractivity contribution in [3.8, 4) is 11.5 Å². The van der Waals surface area contributed by atoms with Crippen LogP contribution in [0.1, 0.15) is 20.3 Å². The molecule has 1 heterocycles. The first-order chi connectivity index (χ1) is 14.3. The number of hydrogen-bond acceptors (Lipinski definition) is 6. The first-order valence-corrected chi connectivity index (χ1v) is 11.1. The van der Waals surface area contributed by atoms with Crippen molar-refractivity contribution in [1.82, 2.24) is 0 Å². The summed E-state index contributed by atoms with van der Waals surface area (Å²) in [5, 5.41) is 1.65. The van der Waals surface area contributed by atoms with E-state index in [1.54, 1.807) is 31.4 Å². The van der Waals surface area contributed by atoms with E-state index in [1.807, 2.05) is 6.92 Å². The number of ether oxygens (including phenoxy) is 2. The van der Waals surface area contributed by atoms with Crippen molar-refractivity contribution < 1.29 is 27.5 Å². The van der Waals surface area contributed by atoms with E-state index in [1.165, 1.54) is 30.0 Å². The highest BCUT2D eigenvalue weighted by atomic mass is 32.2. The molecule has 0 spiro atoms. The number of anilines is 2. The second-order valence-corrected chi connectivity index (χ2v) is 9.26. The quantitative estimate of drug-likeness (QED) is 0.722. The lowest BCUT2D eigenvalue weighted by Crippen LogP contribution is -2.34. The van der Waals surface area contributed by atoms with Crippen LogP contribution in [0.25, 0.3) is 0 Å². The molecule has 0 radical (unpaired) electrons. The molecule has 2 aromatic carbocycles. The van der Waals surface area contributed by atoms with Crippen molar-refractivity contribution in [2.75, 3.05) is 30.5 Å². The predicted molar refractivity (Wildman–Crippen MR) is 113 cm³/mol. The topological polar surface area (TPSA) is 102 Å². The van der Waals surface area contributed by atoms with Crippen LogP contribution in [0, 0.1) is 0 Å². The molecular weight excluding hydrogens is 408 g/mol. The zero-order valence-corrected chi connectivity index (χ0v) is 17.9. The van der Waals surface area contributed by atoms with Crippen LogP contribution >= 0.6 is 0 Å². The van der Waals surface area contributed by atoms with Gasteiger partial charge in [-0.25, -0.2) is 8.42 Å². The SMILES string of the molecule is CCN(C(=O)C[C@@H](C)S(=O)(=O)c1ccc2c(c1)NC(=O)CO2)c1ccc(OC)cc1. The molecule has 0 saturated carbocycles. The number of fused-ring (bicyclic) bond motifs is 1. The molecule has 160 valence electrons. The monoisotopic (exact) mass is 432 g/mol. The van der Waals surface area contributed by atoms with Gasteiger partial charge in [-0.05, 0) is 56.3 Å². The minimum absolute atomic E-state index is 0.0276. The number of rotatable bonds is 7. The highest BCUT2D eigenvalue weighted by Gasteiger charge is 2.29. The fourth-order valence-corrected chi connectivity index (χ4v) is 4.57. The lowest BCUT2D eigenvalue weighted by Gasteiger charge is -2.23. The Morgan fingerprint density at radius 1 is 1.23 bits per heavy atom. The largest absolute Gasteiger partial charge is 0.497 e. The van der Waals surface area contributed by atoms with Crippen LogP contribution in [-0.2, 0) is 19.4 Å². The molecule has 0 saturated heterocycles. The van der Waals surface area contributed by atoms with Gasteiger partial charge in [0, 0.05) is 18.7 Å². The molecule has 0 aromatic heterocycles. The number of amides is 2. The van der Waals surface area contributed by atoms with E-state index in [2.05, 4.69) is 5.32 Å². The average molecular weight is 432 g/mol. The van der Waals surface area contributed by atoms with Crippen molar-refractivity contribution in [3.05, 3.63) is 42.5 Å². The van der Waals surface area contributed by atoms with Crippen LogP contribution in [0.4, 0.5) is 11.4 Å². The molecule has 9 heteroatoms. The lowest BCUT2D eigenvalue weighted by atomic mass is 10.2. The molecule has 1 atom stereocenters. The molecule has 1 aliphatic rings. The lowest BCUT2D eigenvalue weighted by molar-refractivity contribution is -0.119. The Balaban J connectivity index is 1.77. The fourth-order valence-electron chi connectivity index (χ4n) is 3.20.